The fourth-order valence-electron chi connectivity index (χ4n) is 1.43. The summed E-state index contributed by atoms with van der Waals surface area (Å²) in [4.78, 5) is 3.93. The Morgan fingerprint density at radius 2 is 2.00 bits per heavy atom. The van der Waals surface area contributed by atoms with Gasteiger partial charge >= 0.3 is 5.51 Å². The number of aromatic nitrogens is 2. The first-order chi connectivity index (χ1) is 11.1. The van der Waals surface area contributed by atoms with Crippen molar-refractivity contribution < 1.29 is 21.6 Å². The zero-order valence-corrected chi connectivity index (χ0v) is 13.9. The highest BCUT2D eigenvalue weighted by atomic mass is 32.2. The Morgan fingerprint density at radius 1 is 1.29 bits per heavy atom. The number of hydrogen-bond donors (Lipinski definition) is 1. The van der Waals surface area contributed by atoms with Crippen LogP contribution in [0.25, 0.3) is 0 Å². The van der Waals surface area contributed by atoms with E-state index in [9.17, 15) is 17.4 Å². The molecule has 13 heteroatoms. The van der Waals surface area contributed by atoms with Crippen LogP contribution >= 0.6 is 11.5 Å². The molecule has 0 radical (unpaired) electrons. The van der Waals surface area contributed by atoms with Gasteiger partial charge in [0, 0.05) is 17.2 Å². The first-order valence-electron chi connectivity index (χ1n) is 6.15. The van der Waals surface area contributed by atoms with Crippen LogP contribution in [0.1, 0.15) is 5.82 Å². The Hall–Kier alpha value is -2.12. The third kappa shape index (κ3) is 4.04. The van der Waals surface area contributed by atoms with Gasteiger partial charge in [0.2, 0.25) is 5.13 Å². The number of benzene rings is 1. The summed E-state index contributed by atoms with van der Waals surface area (Å²) in [7, 11) is -4.32. The van der Waals surface area contributed by atoms with Crippen molar-refractivity contribution in [3.63, 3.8) is 0 Å². The first kappa shape index (κ1) is 18.2. The zero-order valence-electron chi connectivity index (χ0n) is 12.3. The van der Waals surface area contributed by atoms with Gasteiger partial charge in [-0.05, 0) is 25.1 Å². The molecule has 1 aromatic carbocycles. The summed E-state index contributed by atoms with van der Waals surface area (Å²) in [6.45, 7) is 1.65. The molecule has 0 amide bonds. The van der Waals surface area contributed by atoms with Gasteiger partial charge in [-0.1, -0.05) is 0 Å². The van der Waals surface area contributed by atoms with Crippen LogP contribution in [0.3, 0.4) is 0 Å². The maximum absolute atomic E-state index is 12.9. The highest BCUT2D eigenvalue weighted by molar-refractivity contribution is 7.90. The van der Waals surface area contributed by atoms with Gasteiger partial charge in [-0.3, -0.25) is 4.18 Å². The van der Waals surface area contributed by atoms with Crippen molar-refractivity contribution in [2.75, 3.05) is 12.8 Å². The number of nitrogens with zero attached hydrogens (tertiary/aromatic N) is 5. The number of nitrogens with two attached hydrogens (primary N) is 1. The molecule has 2 rings (SSSR count). The number of azo groups is 1. The topological polar surface area (TPSA) is 115 Å². The SMILES string of the molecule is COS(=O)(=Nc1cc(N)ccc1N=Nc1nc(C)ns1)C(F)(F)F. The predicted octanol–water partition coefficient (Wildman–Crippen LogP) is 4.02. The fraction of sp³-hybridized carbons (Fsp3) is 0.273. The molecule has 8 nitrogen and oxygen atoms in total. The zero-order chi connectivity index (χ0) is 18.0. The molecule has 130 valence electrons. The summed E-state index contributed by atoms with van der Waals surface area (Å²) in [5, 5.41) is 7.73. The average Bonchev–Trinajstić information content (AvgIpc) is 2.90. The number of halogens is 3. The minimum atomic E-state index is -5.18. The lowest BCUT2D eigenvalue weighted by Crippen LogP contribution is -2.23. The molecule has 24 heavy (non-hydrogen) atoms. The lowest BCUT2D eigenvalue weighted by molar-refractivity contribution is -0.0482. The van der Waals surface area contributed by atoms with Gasteiger partial charge in [-0.2, -0.15) is 21.9 Å². The molecule has 1 atom stereocenters. The summed E-state index contributed by atoms with van der Waals surface area (Å²) >= 11 is 0.962. The number of aryl methyl sites for hydroxylation is 1. The molecule has 0 spiro atoms. The van der Waals surface area contributed by atoms with Crippen LogP contribution in [0.4, 0.5) is 35.4 Å². The summed E-state index contributed by atoms with van der Waals surface area (Å²) in [6, 6.07) is 3.77. The minimum Gasteiger partial charge on any atom is -0.399 e. The molecule has 0 saturated heterocycles. The maximum Gasteiger partial charge on any atom is 0.504 e. The maximum atomic E-state index is 12.9. The summed E-state index contributed by atoms with van der Waals surface area (Å²) in [6.07, 6.45) is 0. The van der Waals surface area contributed by atoms with E-state index in [4.69, 9.17) is 5.73 Å². The Morgan fingerprint density at radius 3 is 2.54 bits per heavy atom. The van der Waals surface area contributed by atoms with Crippen LogP contribution in [0, 0.1) is 6.92 Å². The predicted molar refractivity (Wildman–Crippen MR) is 83.0 cm³/mol. The molecular weight excluding hydrogens is 369 g/mol. The van der Waals surface area contributed by atoms with Gasteiger partial charge in [0.15, 0.2) is 0 Å². The Kier molecular flexibility index (Phi) is 5.15. The van der Waals surface area contributed by atoms with E-state index in [-0.39, 0.29) is 22.2 Å². The second-order valence-electron chi connectivity index (χ2n) is 4.25. The number of rotatable bonds is 4. The number of nitrogen functional groups attached to an aromatic ring is 1. The number of anilines is 1. The first-order valence-corrected chi connectivity index (χ1v) is 8.36. The van der Waals surface area contributed by atoms with Crippen molar-refractivity contribution in [2.45, 2.75) is 12.4 Å². The van der Waals surface area contributed by atoms with Crippen LogP contribution in [-0.2, 0) is 14.2 Å². The number of alkyl halides is 3. The lowest BCUT2D eigenvalue weighted by Gasteiger charge is -2.11. The van der Waals surface area contributed by atoms with Gasteiger partial charge in [0.1, 0.15) is 17.2 Å². The van der Waals surface area contributed by atoms with Crippen LogP contribution < -0.4 is 5.73 Å². The Bertz CT molecular complexity index is 886. The van der Waals surface area contributed by atoms with Crippen LogP contribution in [0.15, 0.2) is 32.8 Å². The van der Waals surface area contributed by atoms with Crippen LogP contribution in [0.2, 0.25) is 0 Å². The van der Waals surface area contributed by atoms with Crippen molar-refractivity contribution >= 4 is 43.7 Å². The van der Waals surface area contributed by atoms with E-state index in [1.54, 1.807) is 6.92 Å². The molecule has 2 aromatic rings. The van der Waals surface area contributed by atoms with Crippen molar-refractivity contribution in [1.82, 2.24) is 9.36 Å². The minimum absolute atomic E-state index is 0.0777. The second kappa shape index (κ2) is 6.78. The van der Waals surface area contributed by atoms with Gasteiger partial charge < -0.3 is 5.73 Å². The van der Waals surface area contributed by atoms with Gasteiger partial charge in [-0.15, -0.1) is 10.2 Å². The van der Waals surface area contributed by atoms with E-state index < -0.39 is 15.5 Å². The van der Waals surface area contributed by atoms with Crippen molar-refractivity contribution in [3.8, 4) is 0 Å². The number of hydrogen-bond acceptors (Lipinski definition) is 9. The highest BCUT2D eigenvalue weighted by Crippen LogP contribution is 2.36. The molecule has 2 N–H and O–H groups in total. The average molecular weight is 380 g/mol. The normalized spacial score (nSPS) is 14.7. The molecule has 1 heterocycles. The van der Waals surface area contributed by atoms with Crippen molar-refractivity contribution in [3.05, 3.63) is 24.0 Å². The standard InChI is InChI=1S/C11H11F3N6O2S2/c1-6-16-10(23-19-6)18-17-8-4-3-7(15)5-9(8)20-24(21,22-2)11(12,13)14/h3-5H,15H2,1-2H3. The van der Waals surface area contributed by atoms with Gasteiger partial charge in [-0.25, -0.2) is 9.19 Å². The van der Waals surface area contributed by atoms with Crippen molar-refractivity contribution in [2.24, 2.45) is 14.6 Å². The molecule has 0 aliphatic rings. The third-order valence-corrected chi connectivity index (χ3v) is 4.66. The van der Waals surface area contributed by atoms with E-state index >= 15 is 0 Å². The van der Waals surface area contributed by atoms with E-state index in [1.807, 2.05) is 0 Å². The van der Waals surface area contributed by atoms with E-state index in [0.29, 0.717) is 12.9 Å². The fourth-order valence-corrected chi connectivity index (χ4v) is 2.71. The van der Waals surface area contributed by atoms with E-state index in [0.717, 1.165) is 17.6 Å². The molecule has 0 saturated carbocycles. The summed E-state index contributed by atoms with van der Waals surface area (Å²) < 4.78 is 61.6. The molecule has 1 unspecified atom stereocenters. The van der Waals surface area contributed by atoms with Crippen LogP contribution in [0.5, 0.6) is 0 Å². The highest BCUT2D eigenvalue weighted by Gasteiger charge is 2.44. The smallest absolute Gasteiger partial charge is 0.399 e. The van der Waals surface area contributed by atoms with E-state index in [2.05, 4.69) is 28.1 Å². The van der Waals surface area contributed by atoms with E-state index in [1.165, 1.54) is 12.1 Å². The van der Waals surface area contributed by atoms with Crippen molar-refractivity contribution in [1.29, 1.82) is 0 Å². The molecular formula is C11H11F3N6O2S2. The van der Waals surface area contributed by atoms with Gasteiger partial charge in [0.05, 0.1) is 7.11 Å². The van der Waals surface area contributed by atoms with Crippen LogP contribution in [-0.4, -0.2) is 26.2 Å². The largest absolute Gasteiger partial charge is 0.504 e. The van der Waals surface area contributed by atoms with Gasteiger partial charge in [0.25, 0.3) is 10.0 Å². The summed E-state index contributed by atoms with van der Waals surface area (Å²) in [5.74, 6) is 0.482. The molecule has 0 aliphatic carbocycles. The monoisotopic (exact) mass is 380 g/mol. The Labute approximate surface area is 139 Å². The lowest BCUT2D eigenvalue weighted by atomic mass is 10.2. The third-order valence-electron chi connectivity index (χ3n) is 2.50. The second-order valence-corrected chi connectivity index (χ2v) is 6.91. The quantitative estimate of drug-likeness (QED) is 0.635. The molecule has 0 bridgehead atoms. The summed E-state index contributed by atoms with van der Waals surface area (Å²) in [5.41, 5.74) is 0.0184. The molecule has 1 aromatic heterocycles. The Balaban J connectivity index is 2.53. The molecule has 0 fully saturated rings. The molecule has 0 aliphatic heterocycles.